The highest BCUT2D eigenvalue weighted by molar-refractivity contribution is 8.01. The van der Waals surface area contributed by atoms with E-state index in [-0.39, 0.29) is 6.61 Å². The van der Waals surface area contributed by atoms with Gasteiger partial charge in [-0.15, -0.1) is 11.8 Å². The predicted octanol–water partition coefficient (Wildman–Crippen LogP) is 2.07. The van der Waals surface area contributed by atoms with Crippen LogP contribution in [0.1, 0.15) is 12.8 Å². The number of ether oxygens (including phenoxy) is 2. The number of hydrogen-bond donors (Lipinski definition) is 1. The summed E-state index contributed by atoms with van der Waals surface area (Å²) in [4.78, 5) is 13.0. The van der Waals surface area contributed by atoms with Gasteiger partial charge in [-0.3, -0.25) is 4.90 Å². The van der Waals surface area contributed by atoms with Crippen LogP contribution in [0.25, 0.3) is 0 Å². The lowest BCUT2D eigenvalue weighted by Gasteiger charge is -2.33. The third kappa shape index (κ3) is 2.70. The highest BCUT2D eigenvalue weighted by Gasteiger charge is 2.54. The van der Waals surface area contributed by atoms with Crippen molar-refractivity contribution >= 4 is 17.7 Å². The minimum atomic E-state index is -0.970. The van der Waals surface area contributed by atoms with Crippen LogP contribution in [0.15, 0.2) is 24.3 Å². The fraction of sp³-hybridized carbons (Fsp3) is 0.533. The molecule has 1 atom stereocenters. The number of carboxylic acids is 1. The second kappa shape index (κ2) is 5.77. The van der Waals surface area contributed by atoms with Crippen LogP contribution in [0, 0.1) is 0 Å². The van der Waals surface area contributed by atoms with Crippen molar-refractivity contribution in [3.05, 3.63) is 24.3 Å². The van der Waals surface area contributed by atoms with Crippen molar-refractivity contribution in [1.82, 2.24) is 4.90 Å². The van der Waals surface area contributed by atoms with E-state index in [9.17, 15) is 9.90 Å². The van der Waals surface area contributed by atoms with Gasteiger partial charge >= 0.3 is 5.97 Å². The molecule has 1 aliphatic carbocycles. The van der Waals surface area contributed by atoms with E-state index in [1.54, 1.807) is 13.2 Å². The van der Waals surface area contributed by atoms with Gasteiger partial charge < -0.3 is 14.6 Å². The SMILES string of the molecule is COc1ccccc1OCC1(C(=O)O)SCCN1C1CC1. The Morgan fingerprint density at radius 2 is 2.14 bits per heavy atom. The largest absolute Gasteiger partial charge is 0.493 e. The van der Waals surface area contributed by atoms with E-state index in [0.29, 0.717) is 17.5 Å². The molecule has 1 aliphatic heterocycles. The van der Waals surface area contributed by atoms with Crippen molar-refractivity contribution in [2.45, 2.75) is 23.8 Å². The van der Waals surface area contributed by atoms with Gasteiger partial charge in [0.2, 0.25) is 4.87 Å². The first-order chi connectivity index (χ1) is 10.2. The fourth-order valence-electron chi connectivity index (χ4n) is 2.72. The third-order valence-electron chi connectivity index (χ3n) is 3.95. The first-order valence-electron chi connectivity index (χ1n) is 7.07. The van der Waals surface area contributed by atoms with Crippen LogP contribution in [0.2, 0.25) is 0 Å². The summed E-state index contributed by atoms with van der Waals surface area (Å²) in [6.07, 6.45) is 2.18. The molecular weight excluding hydrogens is 290 g/mol. The lowest BCUT2D eigenvalue weighted by atomic mass is 10.2. The number of carboxylic acid groups (broad SMARTS) is 1. The monoisotopic (exact) mass is 309 g/mol. The van der Waals surface area contributed by atoms with Crippen LogP contribution < -0.4 is 9.47 Å². The second-order valence-corrected chi connectivity index (χ2v) is 6.67. The van der Waals surface area contributed by atoms with E-state index in [2.05, 4.69) is 4.90 Å². The lowest BCUT2D eigenvalue weighted by molar-refractivity contribution is -0.146. The van der Waals surface area contributed by atoms with Crippen LogP contribution in [0.4, 0.5) is 0 Å². The Morgan fingerprint density at radius 1 is 1.43 bits per heavy atom. The highest BCUT2D eigenvalue weighted by atomic mass is 32.2. The molecule has 1 aromatic rings. The number of carbonyl (C=O) groups is 1. The van der Waals surface area contributed by atoms with Gasteiger partial charge in [0.1, 0.15) is 6.61 Å². The molecular formula is C15H19NO4S. The standard InChI is InChI=1S/C15H19NO4S/c1-19-12-4-2-3-5-13(12)20-10-15(14(17)18)16(8-9-21-15)11-6-7-11/h2-5,11H,6-10H2,1H3,(H,17,18). The molecule has 1 N–H and O–H groups in total. The Hall–Kier alpha value is -1.40. The summed E-state index contributed by atoms with van der Waals surface area (Å²) in [6.45, 7) is 0.945. The van der Waals surface area contributed by atoms with E-state index in [0.717, 1.165) is 25.1 Å². The number of rotatable bonds is 6. The molecule has 0 spiro atoms. The topological polar surface area (TPSA) is 59.0 Å². The molecule has 2 aliphatic rings. The summed E-state index contributed by atoms with van der Waals surface area (Å²) in [5, 5.41) is 9.74. The van der Waals surface area contributed by atoms with Gasteiger partial charge in [0.05, 0.1) is 7.11 Å². The average Bonchev–Trinajstić information content (AvgIpc) is 3.25. The maximum absolute atomic E-state index is 11.9. The number of para-hydroxylation sites is 2. The van der Waals surface area contributed by atoms with E-state index in [1.165, 1.54) is 11.8 Å². The Labute approximate surface area is 128 Å². The first-order valence-corrected chi connectivity index (χ1v) is 8.06. The van der Waals surface area contributed by atoms with Gasteiger partial charge in [-0.2, -0.15) is 0 Å². The van der Waals surface area contributed by atoms with Crippen molar-refractivity contribution in [1.29, 1.82) is 0 Å². The molecule has 0 radical (unpaired) electrons. The quantitative estimate of drug-likeness (QED) is 0.868. The zero-order valence-corrected chi connectivity index (χ0v) is 12.8. The number of thioether (sulfide) groups is 1. The summed E-state index contributed by atoms with van der Waals surface area (Å²) in [5.41, 5.74) is 0. The van der Waals surface area contributed by atoms with Crippen molar-refractivity contribution in [2.24, 2.45) is 0 Å². The number of benzene rings is 1. The molecule has 6 heteroatoms. The number of methoxy groups -OCH3 is 1. The Kier molecular flexibility index (Phi) is 3.99. The van der Waals surface area contributed by atoms with Gasteiger partial charge in [0.15, 0.2) is 11.5 Å². The van der Waals surface area contributed by atoms with Gasteiger partial charge in [0, 0.05) is 18.3 Å². The molecule has 2 fully saturated rings. The molecule has 114 valence electrons. The van der Waals surface area contributed by atoms with Crippen molar-refractivity contribution in [2.75, 3.05) is 26.0 Å². The molecule has 3 rings (SSSR count). The fourth-order valence-corrected chi connectivity index (χ4v) is 4.02. The average molecular weight is 309 g/mol. The lowest BCUT2D eigenvalue weighted by Crippen LogP contribution is -2.53. The van der Waals surface area contributed by atoms with Crippen LogP contribution in [-0.2, 0) is 4.79 Å². The van der Waals surface area contributed by atoms with Gasteiger partial charge in [0.25, 0.3) is 0 Å². The predicted molar refractivity (Wildman–Crippen MR) is 81.0 cm³/mol. The zero-order chi connectivity index (χ0) is 14.9. The van der Waals surface area contributed by atoms with Crippen LogP contribution in [-0.4, -0.2) is 52.9 Å². The van der Waals surface area contributed by atoms with Gasteiger partial charge in [-0.1, -0.05) is 12.1 Å². The van der Waals surface area contributed by atoms with E-state index in [1.807, 2.05) is 18.2 Å². The number of aliphatic carboxylic acids is 1. The molecule has 21 heavy (non-hydrogen) atoms. The maximum atomic E-state index is 11.9. The van der Waals surface area contributed by atoms with Crippen molar-refractivity contribution < 1.29 is 19.4 Å². The van der Waals surface area contributed by atoms with E-state index in [4.69, 9.17) is 9.47 Å². The highest BCUT2D eigenvalue weighted by Crippen LogP contribution is 2.44. The Bertz CT molecular complexity index is 534. The minimum Gasteiger partial charge on any atom is -0.493 e. The summed E-state index contributed by atoms with van der Waals surface area (Å²) in [6, 6.07) is 7.72. The third-order valence-corrected chi connectivity index (χ3v) is 5.34. The van der Waals surface area contributed by atoms with E-state index < -0.39 is 10.8 Å². The zero-order valence-electron chi connectivity index (χ0n) is 11.9. The van der Waals surface area contributed by atoms with Gasteiger partial charge in [-0.25, -0.2) is 4.79 Å². The summed E-state index contributed by atoms with van der Waals surface area (Å²) >= 11 is 1.47. The summed E-state index contributed by atoms with van der Waals surface area (Å²) < 4.78 is 11.1. The summed E-state index contributed by atoms with van der Waals surface area (Å²) in [5.74, 6) is 1.23. The molecule has 0 amide bonds. The smallest absolute Gasteiger partial charge is 0.338 e. The molecule has 1 unspecified atom stereocenters. The van der Waals surface area contributed by atoms with Crippen molar-refractivity contribution in [3.8, 4) is 11.5 Å². The van der Waals surface area contributed by atoms with Crippen LogP contribution >= 0.6 is 11.8 Å². The normalized spacial score (nSPS) is 25.8. The van der Waals surface area contributed by atoms with Crippen LogP contribution in [0.5, 0.6) is 11.5 Å². The Balaban J connectivity index is 1.78. The molecule has 1 heterocycles. The molecule has 5 nitrogen and oxygen atoms in total. The van der Waals surface area contributed by atoms with Crippen molar-refractivity contribution in [3.63, 3.8) is 0 Å². The number of hydrogen-bond acceptors (Lipinski definition) is 5. The first kappa shape index (κ1) is 14.5. The summed E-state index contributed by atoms with van der Waals surface area (Å²) in [7, 11) is 1.58. The molecule has 1 aromatic carbocycles. The molecule has 1 saturated carbocycles. The second-order valence-electron chi connectivity index (χ2n) is 5.30. The number of nitrogens with zero attached hydrogens (tertiary/aromatic N) is 1. The van der Waals surface area contributed by atoms with Gasteiger partial charge in [-0.05, 0) is 25.0 Å². The van der Waals surface area contributed by atoms with E-state index >= 15 is 0 Å². The Morgan fingerprint density at radius 3 is 2.76 bits per heavy atom. The molecule has 1 saturated heterocycles. The molecule has 0 bridgehead atoms. The maximum Gasteiger partial charge on any atom is 0.338 e. The minimum absolute atomic E-state index is 0.129. The van der Waals surface area contributed by atoms with Crippen LogP contribution in [0.3, 0.4) is 0 Å². The molecule has 0 aromatic heterocycles.